The molecule has 1 aliphatic heterocycles. The van der Waals surface area contributed by atoms with Crippen LogP contribution < -0.4 is 15.1 Å². The van der Waals surface area contributed by atoms with Crippen LogP contribution in [0.25, 0.3) is 11.1 Å². The highest BCUT2D eigenvalue weighted by molar-refractivity contribution is 7.73. The zero-order valence-corrected chi connectivity index (χ0v) is 23.0. The van der Waals surface area contributed by atoms with E-state index in [9.17, 15) is 27.9 Å². The summed E-state index contributed by atoms with van der Waals surface area (Å²) in [6, 6.07) is 9.06. The van der Waals surface area contributed by atoms with E-state index in [0.717, 1.165) is 4.90 Å². The smallest absolute Gasteiger partial charge is 0.417 e. The number of para-hydroxylation sites is 1. The van der Waals surface area contributed by atoms with Crippen molar-refractivity contribution in [1.82, 2.24) is 10.3 Å². The fraction of sp³-hybridized carbons (Fsp3) is 0.423. The lowest BCUT2D eigenvalue weighted by Gasteiger charge is -2.29. The first kappa shape index (κ1) is 28.6. The van der Waals surface area contributed by atoms with E-state index in [1.807, 2.05) is 0 Å². The second-order valence-corrected chi connectivity index (χ2v) is 11.7. The van der Waals surface area contributed by atoms with Crippen LogP contribution in [0.15, 0.2) is 42.6 Å². The van der Waals surface area contributed by atoms with Gasteiger partial charge in [0.15, 0.2) is 4.99 Å². The minimum atomic E-state index is -2.80. The van der Waals surface area contributed by atoms with Crippen LogP contribution in [-0.4, -0.2) is 59.8 Å². The first-order chi connectivity index (χ1) is 17.6. The predicted octanol–water partition coefficient (Wildman–Crippen LogP) is 3.92. The number of rotatable bonds is 4. The van der Waals surface area contributed by atoms with Gasteiger partial charge in [-0.25, -0.2) is 19.5 Å². The number of nitrogens with one attached hydrogen (secondary N) is 1. The molecule has 1 aromatic carbocycles. The maximum atomic E-state index is 12.9. The molecule has 0 bridgehead atoms. The zero-order valence-electron chi connectivity index (χ0n) is 22.2. The van der Waals surface area contributed by atoms with Gasteiger partial charge in [-0.15, -0.1) is 0 Å². The number of ether oxygens (including phenoxy) is 1. The molecule has 12 heteroatoms. The van der Waals surface area contributed by atoms with Gasteiger partial charge in [-0.1, -0.05) is 39.0 Å². The second kappa shape index (κ2) is 10.8. The summed E-state index contributed by atoms with van der Waals surface area (Å²) in [6.07, 6.45) is -0.246. The van der Waals surface area contributed by atoms with Gasteiger partial charge in [0.1, 0.15) is 17.5 Å². The number of pyridine rings is 1. The van der Waals surface area contributed by atoms with Gasteiger partial charge in [-0.2, -0.15) is 8.42 Å². The summed E-state index contributed by atoms with van der Waals surface area (Å²) in [5.74, 6) is 0.0401. The predicted molar refractivity (Wildman–Crippen MR) is 144 cm³/mol. The maximum Gasteiger partial charge on any atom is 0.417 e. The summed E-state index contributed by atoms with van der Waals surface area (Å²) in [5.41, 5.74) is -0.555. The van der Waals surface area contributed by atoms with Crippen molar-refractivity contribution in [2.45, 2.75) is 59.6 Å². The van der Waals surface area contributed by atoms with Crippen LogP contribution in [0.2, 0.25) is 0 Å². The van der Waals surface area contributed by atoms with Crippen LogP contribution in [0.1, 0.15) is 48.0 Å². The molecule has 0 radical (unpaired) electrons. The standard InChI is InChI=1S/C26H32N4O7S/c1-25(2,3)22(38(35)36)30(24(33)34)19-10-8-7-9-17(19)16-11-12-20(27-15-16)29-14-13-18(21(29)31)28-23(32)37-26(4,5)6/h7-12,15,18H,13-14H2,1-6H3,(H,28,32)(H,33,34)/t18-/m0/s1. The number of aromatic nitrogens is 1. The number of anilines is 2. The molecule has 38 heavy (non-hydrogen) atoms. The van der Waals surface area contributed by atoms with Gasteiger partial charge in [0.05, 0.1) is 5.69 Å². The fourth-order valence-corrected chi connectivity index (χ4v) is 4.89. The molecule has 1 saturated heterocycles. The Hall–Kier alpha value is -3.93. The van der Waals surface area contributed by atoms with Gasteiger partial charge in [-0.3, -0.25) is 9.69 Å². The molecule has 0 spiro atoms. The van der Waals surface area contributed by atoms with E-state index in [4.69, 9.17) is 4.74 Å². The number of carbonyl (C=O) groups is 3. The first-order valence-electron chi connectivity index (χ1n) is 12.0. The maximum absolute atomic E-state index is 12.9. The number of nitrogens with zero attached hydrogens (tertiary/aromatic N) is 3. The topological polar surface area (TPSA) is 146 Å². The monoisotopic (exact) mass is 544 g/mol. The second-order valence-electron chi connectivity index (χ2n) is 10.8. The summed E-state index contributed by atoms with van der Waals surface area (Å²) in [4.78, 5) is 43.6. The van der Waals surface area contributed by atoms with Crippen LogP contribution in [0.5, 0.6) is 0 Å². The molecule has 2 heterocycles. The molecule has 1 fully saturated rings. The Morgan fingerprint density at radius 1 is 1.11 bits per heavy atom. The average Bonchev–Trinajstić information content (AvgIpc) is 3.14. The normalized spacial score (nSPS) is 15.7. The van der Waals surface area contributed by atoms with E-state index in [0.29, 0.717) is 29.9 Å². The van der Waals surface area contributed by atoms with Crippen molar-refractivity contribution < 1.29 is 32.6 Å². The Kier molecular flexibility index (Phi) is 8.15. The number of alkyl carbamates (subject to hydrolysis) is 1. The van der Waals surface area contributed by atoms with E-state index in [2.05, 4.69) is 10.3 Å². The lowest BCUT2D eigenvalue weighted by atomic mass is 9.94. The van der Waals surface area contributed by atoms with Crippen molar-refractivity contribution in [3.63, 3.8) is 0 Å². The molecule has 0 saturated carbocycles. The number of hydrogen-bond acceptors (Lipinski definition) is 7. The van der Waals surface area contributed by atoms with Crippen LogP contribution in [0.4, 0.5) is 21.1 Å². The van der Waals surface area contributed by atoms with Crippen molar-refractivity contribution in [3.8, 4) is 11.1 Å². The van der Waals surface area contributed by atoms with E-state index in [1.54, 1.807) is 71.9 Å². The minimum absolute atomic E-state index is 0.155. The fourth-order valence-electron chi connectivity index (χ4n) is 4.07. The lowest BCUT2D eigenvalue weighted by molar-refractivity contribution is -0.118. The van der Waals surface area contributed by atoms with Crippen LogP contribution >= 0.6 is 0 Å². The van der Waals surface area contributed by atoms with Gasteiger partial charge in [0.2, 0.25) is 10.3 Å². The number of amides is 3. The Labute approximate surface area is 222 Å². The van der Waals surface area contributed by atoms with Crippen LogP contribution in [0, 0.1) is 5.41 Å². The van der Waals surface area contributed by atoms with Crippen molar-refractivity contribution in [2.24, 2.45) is 5.41 Å². The van der Waals surface area contributed by atoms with E-state index in [1.165, 1.54) is 17.2 Å². The molecular formula is C26H32N4O7S. The number of carbonyl (C=O) groups excluding carboxylic acids is 2. The van der Waals surface area contributed by atoms with E-state index in [-0.39, 0.29) is 16.6 Å². The molecule has 0 unspecified atom stereocenters. The summed E-state index contributed by atoms with van der Waals surface area (Å²) in [5, 5.41) is 12.6. The summed E-state index contributed by atoms with van der Waals surface area (Å²) >= 11 is 0. The van der Waals surface area contributed by atoms with Gasteiger partial charge in [0, 0.05) is 29.3 Å². The molecule has 11 nitrogen and oxygen atoms in total. The molecule has 3 amide bonds. The Morgan fingerprint density at radius 2 is 1.76 bits per heavy atom. The summed E-state index contributed by atoms with van der Waals surface area (Å²) in [6.45, 7) is 10.4. The molecule has 1 atom stereocenters. The van der Waals surface area contributed by atoms with Gasteiger partial charge >= 0.3 is 12.2 Å². The van der Waals surface area contributed by atoms with E-state index >= 15 is 0 Å². The molecule has 1 aromatic heterocycles. The third-order valence-electron chi connectivity index (χ3n) is 5.57. The van der Waals surface area contributed by atoms with Gasteiger partial charge in [-0.05, 0) is 45.4 Å². The number of carboxylic acid groups (broad SMARTS) is 1. The molecular weight excluding hydrogens is 512 g/mol. The molecule has 0 aliphatic carbocycles. The number of hydrogen-bond donors (Lipinski definition) is 2. The third-order valence-corrected chi connectivity index (χ3v) is 6.68. The van der Waals surface area contributed by atoms with Crippen LogP contribution in [-0.2, 0) is 19.8 Å². The average molecular weight is 545 g/mol. The highest BCUT2D eigenvalue weighted by Gasteiger charge is 2.36. The summed E-state index contributed by atoms with van der Waals surface area (Å²) < 4.78 is 29.4. The molecule has 2 aromatic rings. The minimum Gasteiger partial charge on any atom is -0.464 e. The van der Waals surface area contributed by atoms with Gasteiger partial charge in [0.25, 0.3) is 5.91 Å². The molecule has 1 aliphatic rings. The molecule has 2 N–H and O–H groups in total. The largest absolute Gasteiger partial charge is 0.464 e. The Bertz CT molecular complexity index is 1370. The van der Waals surface area contributed by atoms with Gasteiger partial charge < -0.3 is 15.2 Å². The van der Waals surface area contributed by atoms with E-state index < -0.39 is 39.5 Å². The van der Waals surface area contributed by atoms with Crippen molar-refractivity contribution >= 4 is 44.9 Å². The zero-order chi connectivity index (χ0) is 28.4. The highest BCUT2D eigenvalue weighted by atomic mass is 32.2. The SMILES string of the molecule is CC(C)(C)OC(=O)N[C@H]1CCN(c2ccc(-c3ccccc3N(C(=O)O)C(=S(=O)=O)C(C)(C)C)cn2)C1=O. The lowest BCUT2D eigenvalue weighted by Crippen LogP contribution is -2.44. The van der Waals surface area contributed by atoms with Crippen LogP contribution in [0.3, 0.4) is 0 Å². The van der Waals surface area contributed by atoms with Crippen molar-refractivity contribution in [3.05, 3.63) is 42.6 Å². The quantitative estimate of drug-likeness (QED) is 0.551. The highest BCUT2D eigenvalue weighted by Crippen LogP contribution is 2.34. The number of benzene rings is 1. The Morgan fingerprint density at radius 3 is 2.29 bits per heavy atom. The van der Waals surface area contributed by atoms with Crippen molar-refractivity contribution in [1.29, 1.82) is 0 Å². The molecule has 204 valence electrons. The first-order valence-corrected chi connectivity index (χ1v) is 13.0. The summed E-state index contributed by atoms with van der Waals surface area (Å²) in [7, 11) is -2.80. The third kappa shape index (κ3) is 6.49. The molecule has 3 rings (SSSR count). The van der Waals surface area contributed by atoms with Crippen molar-refractivity contribution in [2.75, 3.05) is 16.3 Å². The Balaban J connectivity index is 1.90.